The lowest BCUT2D eigenvalue weighted by molar-refractivity contribution is -0.123. The van der Waals surface area contributed by atoms with Crippen molar-refractivity contribution >= 4 is 5.78 Å². The average Bonchev–Trinajstić information content (AvgIpc) is 2.13. The van der Waals surface area contributed by atoms with Crippen molar-refractivity contribution in [2.45, 2.75) is 40.0 Å². The predicted octanol–water partition coefficient (Wildman–Crippen LogP) is 2.66. The Kier molecular flexibility index (Phi) is 6.87. The predicted molar refractivity (Wildman–Crippen MR) is 54.7 cm³/mol. The second kappa shape index (κ2) is 7.07. The Morgan fingerprint density at radius 1 is 1.38 bits per heavy atom. The molecule has 0 aliphatic rings. The molecular formula is C11H22O2. The van der Waals surface area contributed by atoms with E-state index < -0.39 is 0 Å². The number of Topliss-reactive ketones (excluding diaryl/α,β-unsaturated/α-hetero) is 1. The molecule has 0 spiro atoms. The van der Waals surface area contributed by atoms with Crippen LogP contribution >= 0.6 is 0 Å². The molecule has 0 aliphatic heterocycles. The van der Waals surface area contributed by atoms with E-state index in [0.29, 0.717) is 18.3 Å². The fraction of sp³-hybridized carbons (Fsp3) is 0.909. The SMILES string of the molecule is CCC(C)CC(=O)C(C)CCOC. The third-order valence-corrected chi connectivity index (χ3v) is 2.55. The Morgan fingerprint density at radius 3 is 2.46 bits per heavy atom. The van der Waals surface area contributed by atoms with Crippen LogP contribution in [0.3, 0.4) is 0 Å². The molecule has 13 heavy (non-hydrogen) atoms. The Balaban J connectivity index is 3.68. The zero-order chi connectivity index (χ0) is 10.3. The van der Waals surface area contributed by atoms with Gasteiger partial charge < -0.3 is 4.74 Å². The molecule has 0 saturated heterocycles. The van der Waals surface area contributed by atoms with Crippen LogP contribution < -0.4 is 0 Å². The van der Waals surface area contributed by atoms with Crippen molar-refractivity contribution in [3.8, 4) is 0 Å². The summed E-state index contributed by atoms with van der Waals surface area (Å²) in [6.45, 7) is 6.93. The van der Waals surface area contributed by atoms with E-state index in [0.717, 1.165) is 19.3 Å². The summed E-state index contributed by atoms with van der Waals surface area (Å²) in [6.07, 6.45) is 2.66. The molecule has 0 N–H and O–H groups in total. The highest BCUT2D eigenvalue weighted by Crippen LogP contribution is 2.13. The van der Waals surface area contributed by atoms with Gasteiger partial charge in [-0.3, -0.25) is 4.79 Å². The molecule has 0 amide bonds. The van der Waals surface area contributed by atoms with Gasteiger partial charge in [-0.25, -0.2) is 0 Å². The van der Waals surface area contributed by atoms with Crippen molar-refractivity contribution in [2.24, 2.45) is 11.8 Å². The lowest BCUT2D eigenvalue weighted by atomic mass is 9.93. The minimum absolute atomic E-state index is 0.161. The van der Waals surface area contributed by atoms with Crippen molar-refractivity contribution in [3.63, 3.8) is 0 Å². The van der Waals surface area contributed by atoms with Crippen LogP contribution in [0.25, 0.3) is 0 Å². The van der Waals surface area contributed by atoms with Crippen LogP contribution in [0.5, 0.6) is 0 Å². The van der Waals surface area contributed by atoms with E-state index in [-0.39, 0.29) is 5.92 Å². The summed E-state index contributed by atoms with van der Waals surface area (Å²) in [5.41, 5.74) is 0. The largest absolute Gasteiger partial charge is 0.385 e. The first-order chi connectivity index (χ1) is 6.11. The summed E-state index contributed by atoms with van der Waals surface area (Å²) in [7, 11) is 1.67. The van der Waals surface area contributed by atoms with Crippen LogP contribution in [0.1, 0.15) is 40.0 Å². The second-order valence-electron chi connectivity index (χ2n) is 3.87. The van der Waals surface area contributed by atoms with Crippen molar-refractivity contribution in [1.82, 2.24) is 0 Å². The molecule has 0 fully saturated rings. The van der Waals surface area contributed by atoms with Crippen molar-refractivity contribution in [3.05, 3.63) is 0 Å². The maximum atomic E-state index is 11.6. The van der Waals surface area contributed by atoms with Crippen LogP contribution in [-0.2, 0) is 9.53 Å². The monoisotopic (exact) mass is 186 g/mol. The van der Waals surface area contributed by atoms with Crippen molar-refractivity contribution in [2.75, 3.05) is 13.7 Å². The number of rotatable bonds is 7. The van der Waals surface area contributed by atoms with E-state index in [4.69, 9.17) is 4.74 Å². The molecule has 0 aliphatic carbocycles. The number of ether oxygens (including phenoxy) is 1. The van der Waals surface area contributed by atoms with Crippen LogP contribution in [0.2, 0.25) is 0 Å². The molecule has 0 bridgehead atoms. The molecule has 78 valence electrons. The molecule has 2 heteroatoms. The van der Waals surface area contributed by atoms with Gasteiger partial charge in [0, 0.05) is 26.1 Å². The van der Waals surface area contributed by atoms with Crippen molar-refractivity contribution < 1.29 is 9.53 Å². The molecular weight excluding hydrogens is 164 g/mol. The zero-order valence-electron chi connectivity index (χ0n) is 9.30. The fourth-order valence-corrected chi connectivity index (χ4v) is 1.14. The summed E-state index contributed by atoms with van der Waals surface area (Å²) in [6, 6.07) is 0. The van der Waals surface area contributed by atoms with Gasteiger partial charge >= 0.3 is 0 Å². The molecule has 2 unspecified atom stereocenters. The highest BCUT2D eigenvalue weighted by Gasteiger charge is 2.14. The summed E-state index contributed by atoms with van der Waals surface area (Å²) in [4.78, 5) is 11.6. The third-order valence-electron chi connectivity index (χ3n) is 2.55. The maximum Gasteiger partial charge on any atom is 0.136 e. The minimum Gasteiger partial charge on any atom is -0.385 e. The normalized spacial score (nSPS) is 15.4. The van der Waals surface area contributed by atoms with Crippen LogP contribution in [0.4, 0.5) is 0 Å². The molecule has 0 rings (SSSR count). The average molecular weight is 186 g/mol. The first-order valence-electron chi connectivity index (χ1n) is 5.13. The van der Waals surface area contributed by atoms with Crippen LogP contribution in [0, 0.1) is 11.8 Å². The third kappa shape index (κ3) is 5.81. The van der Waals surface area contributed by atoms with E-state index in [1.165, 1.54) is 0 Å². The van der Waals surface area contributed by atoms with E-state index in [9.17, 15) is 4.79 Å². The number of ketones is 1. The number of carbonyl (C=O) groups excluding carboxylic acids is 1. The van der Waals surface area contributed by atoms with E-state index in [1.54, 1.807) is 7.11 Å². The van der Waals surface area contributed by atoms with Crippen molar-refractivity contribution in [1.29, 1.82) is 0 Å². The van der Waals surface area contributed by atoms with Crippen LogP contribution in [-0.4, -0.2) is 19.5 Å². The smallest absolute Gasteiger partial charge is 0.136 e. The van der Waals surface area contributed by atoms with Gasteiger partial charge in [0.15, 0.2) is 0 Å². The van der Waals surface area contributed by atoms with E-state index >= 15 is 0 Å². The molecule has 0 saturated carbocycles. The first kappa shape index (κ1) is 12.6. The summed E-state index contributed by atoms with van der Waals surface area (Å²) >= 11 is 0. The molecule has 0 aromatic carbocycles. The van der Waals surface area contributed by atoms with Crippen LogP contribution in [0.15, 0.2) is 0 Å². The fourth-order valence-electron chi connectivity index (χ4n) is 1.14. The molecule has 0 aromatic heterocycles. The minimum atomic E-state index is 0.161. The quantitative estimate of drug-likeness (QED) is 0.611. The van der Waals surface area contributed by atoms with Gasteiger partial charge in [-0.05, 0) is 12.3 Å². The maximum absolute atomic E-state index is 11.6. The summed E-state index contributed by atoms with van der Waals surface area (Å²) in [5.74, 6) is 1.07. The zero-order valence-corrected chi connectivity index (χ0v) is 9.30. The van der Waals surface area contributed by atoms with Gasteiger partial charge in [-0.2, -0.15) is 0 Å². The highest BCUT2D eigenvalue weighted by atomic mass is 16.5. The van der Waals surface area contributed by atoms with Gasteiger partial charge in [0.1, 0.15) is 5.78 Å². The molecule has 0 radical (unpaired) electrons. The first-order valence-corrected chi connectivity index (χ1v) is 5.13. The second-order valence-corrected chi connectivity index (χ2v) is 3.87. The molecule has 0 aromatic rings. The number of methoxy groups -OCH3 is 1. The van der Waals surface area contributed by atoms with Gasteiger partial charge in [0.25, 0.3) is 0 Å². The Labute approximate surface area is 81.7 Å². The number of carbonyl (C=O) groups is 1. The summed E-state index contributed by atoms with van der Waals surface area (Å²) in [5, 5.41) is 0. The Morgan fingerprint density at radius 2 is 2.00 bits per heavy atom. The highest BCUT2D eigenvalue weighted by molar-refractivity contribution is 5.80. The Bertz CT molecular complexity index is 143. The van der Waals surface area contributed by atoms with E-state index in [1.807, 2.05) is 6.92 Å². The molecule has 2 nitrogen and oxygen atoms in total. The summed E-state index contributed by atoms with van der Waals surface area (Å²) < 4.78 is 4.94. The molecule has 2 atom stereocenters. The van der Waals surface area contributed by atoms with Gasteiger partial charge in [0.2, 0.25) is 0 Å². The topological polar surface area (TPSA) is 26.3 Å². The van der Waals surface area contributed by atoms with Gasteiger partial charge in [-0.1, -0.05) is 27.2 Å². The van der Waals surface area contributed by atoms with Gasteiger partial charge in [-0.15, -0.1) is 0 Å². The van der Waals surface area contributed by atoms with E-state index in [2.05, 4.69) is 13.8 Å². The lowest BCUT2D eigenvalue weighted by Gasteiger charge is -2.12. The number of hydrogen-bond donors (Lipinski definition) is 0. The standard InChI is InChI=1S/C11H22O2/c1-5-9(2)8-11(12)10(3)6-7-13-4/h9-10H,5-8H2,1-4H3. The lowest BCUT2D eigenvalue weighted by Crippen LogP contribution is -2.15. The van der Waals surface area contributed by atoms with Gasteiger partial charge in [0.05, 0.1) is 0 Å². The molecule has 0 heterocycles. The number of hydrogen-bond acceptors (Lipinski definition) is 2. The Hall–Kier alpha value is -0.370.